The summed E-state index contributed by atoms with van der Waals surface area (Å²) in [5.74, 6) is 0. The second kappa shape index (κ2) is 11.2. The van der Waals surface area contributed by atoms with Gasteiger partial charge in [-0.3, -0.25) is 0 Å². The average molecular weight is 472 g/mol. The van der Waals surface area contributed by atoms with Crippen molar-refractivity contribution >= 4 is 13.2 Å². The standard InChI is InChI=1S/C21H26P.2ClH.Zr/c1-3-5-10-17-14-18-16-20(11-6-4-2)22(21(18)15-17)19-12-8-7-9-13-19;;;/h7-9,12-13,15-16,20H,3-6,10-11H2,1-2H3;2*1H;/q;;;+2/p-2. The predicted octanol–water partition coefficient (Wildman–Crippen LogP) is 0.189. The van der Waals surface area contributed by atoms with Crippen molar-refractivity contribution in [2.24, 2.45) is 0 Å². The summed E-state index contributed by atoms with van der Waals surface area (Å²) in [6.45, 7) is 4.61. The van der Waals surface area contributed by atoms with E-state index in [0.29, 0.717) is 0 Å². The predicted molar refractivity (Wildman–Crippen MR) is 99.0 cm³/mol. The molecule has 25 heavy (non-hydrogen) atoms. The van der Waals surface area contributed by atoms with Gasteiger partial charge >= 0.3 is 158 Å². The molecular weight excluding hydrogens is 445 g/mol. The summed E-state index contributed by atoms with van der Waals surface area (Å²) in [6, 6.07) is 11.3. The van der Waals surface area contributed by atoms with Crippen LogP contribution in [0.5, 0.6) is 0 Å². The van der Waals surface area contributed by atoms with Gasteiger partial charge in [-0.25, -0.2) is 0 Å². The van der Waals surface area contributed by atoms with Crippen LogP contribution >= 0.6 is 7.92 Å². The maximum atomic E-state index is 2.64. The summed E-state index contributed by atoms with van der Waals surface area (Å²) in [5, 5.41) is 3.26. The van der Waals surface area contributed by atoms with E-state index in [1.807, 2.05) is 0 Å². The maximum absolute atomic E-state index is 2.64. The van der Waals surface area contributed by atoms with Gasteiger partial charge in [0, 0.05) is 0 Å². The molecule has 1 aromatic carbocycles. The Labute approximate surface area is 182 Å². The molecule has 1 aliphatic heterocycles. The molecule has 0 aromatic heterocycles. The van der Waals surface area contributed by atoms with Crippen LogP contribution in [0.15, 0.2) is 62.2 Å². The van der Waals surface area contributed by atoms with Crippen LogP contribution in [0.25, 0.3) is 0 Å². The smallest absolute Gasteiger partial charge is 1.00 e. The first-order valence-corrected chi connectivity index (χ1v) is 11.6. The van der Waals surface area contributed by atoms with Gasteiger partial charge in [0.15, 0.2) is 0 Å². The van der Waals surface area contributed by atoms with Crippen molar-refractivity contribution in [3.63, 3.8) is 0 Å². The largest absolute Gasteiger partial charge is 1.00 e. The molecule has 2 unspecified atom stereocenters. The Balaban J connectivity index is 0.00000156. The van der Waals surface area contributed by atoms with E-state index < -0.39 is 0 Å². The molecular formula is C21H26Cl2PZr. The van der Waals surface area contributed by atoms with Gasteiger partial charge < -0.3 is 24.8 Å². The number of unbranched alkanes of at least 4 members (excludes halogenated alkanes) is 2. The van der Waals surface area contributed by atoms with Gasteiger partial charge in [0.2, 0.25) is 0 Å². The fourth-order valence-electron chi connectivity index (χ4n) is 3.54. The van der Waals surface area contributed by atoms with Gasteiger partial charge in [-0.15, -0.1) is 0 Å². The molecule has 1 aromatic rings. The fourth-order valence-corrected chi connectivity index (χ4v) is 7.81. The topological polar surface area (TPSA) is 0 Å². The van der Waals surface area contributed by atoms with Crippen molar-refractivity contribution in [3.8, 4) is 0 Å². The van der Waals surface area contributed by atoms with E-state index in [1.54, 1.807) is 49.8 Å². The summed E-state index contributed by atoms with van der Waals surface area (Å²) in [6.07, 6.45) is 13.1. The summed E-state index contributed by atoms with van der Waals surface area (Å²) in [5.41, 5.74) is 4.03. The van der Waals surface area contributed by atoms with Crippen LogP contribution < -0.4 is 30.1 Å². The minimum Gasteiger partial charge on any atom is -1.00 e. The number of allylic oxidation sites excluding steroid dienone is 6. The zero-order chi connectivity index (χ0) is 16.2. The van der Waals surface area contributed by atoms with E-state index >= 15 is 0 Å². The van der Waals surface area contributed by atoms with Crippen LogP contribution in [0.2, 0.25) is 0 Å². The van der Waals surface area contributed by atoms with Crippen LogP contribution in [-0.4, -0.2) is 5.66 Å². The molecule has 0 saturated heterocycles. The van der Waals surface area contributed by atoms with Gasteiger partial charge in [0.05, 0.1) is 0 Å². The zero-order valence-electron chi connectivity index (χ0n) is 15.1. The van der Waals surface area contributed by atoms with Gasteiger partial charge in [-0.1, -0.05) is 0 Å². The van der Waals surface area contributed by atoms with Crippen LogP contribution in [0.1, 0.15) is 52.4 Å². The molecule has 2 aliphatic rings. The average Bonchev–Trinajstić information content (AvgIpc) is 3.08. The molecule has 133 valence electrons. The summed E-state index contributed by atoms with van der Waals surface area (Å²) in [4.78, 5) is 0. The van der Waals surface area contributed by atoms with Crippen molar-refractivity contribution < 1.29 is 49.5 Å². The van der Waals surface area contributed by atoms with Crippen molar-refractivity contribution in [2.45, 2.75) is 58.0 Å². The van der Waals surface area contributed by atoms with E-state index in [2.05, 4.69) is 56.3 Å². The van der Waals surface area contributed by atoms with Crippen molar-refractivity contribution in [3.05, 3.63) is 62.2 Å². The monoisotopic (exact) mass is 469 g/mol. The quantitative estimate of drug-likeness (QED) is 0.499. The molecule has 1 heterocycles. The Bertz CT molecular complexity index is 649. The SMILES string of the molecule is CCCCC1=[C]([Zr+2])C2=CC(CCCC)P(c3ccccc3)C2=C1.[Cl-].[Cl-]. The molecule has 1 aliphatic carbocycles. The molecule has 0 nitrogen and oxygen atoms in total. The summed E-state index contributed by atoms with van der Waals surface area (Å²) >= 11 is 1.60. The number of hydrogen-bond acceptors (Lipinski definition) is 0. The molecule has 0 N–H and O–H groups in total. The van der Waals surface area contributed by atoms with Gasteiger partial charge in [0.1, 0.15) is 0 Å². The van der Waals surface area contributed by atoms with Crippen LogP contribution in [-0.2, 0) is 24.7 Å². The Kier molecular flexibility index (Phi) is 10.5. The molecule has 0 fully saturated rings. The molecule has 0 radical (unpaired) electrons. The third-order valence-electron chi connectivity index (χ3n) is 4.82. The second-order valence-electron chi connectivity index (χ2n) is 6.53. The van der Waals surface area contributed by atoms with E-state index in [9.17, 15) is 0 Å². The fraction of sp³-hybridized carbons (Fsp3) is 0.429. The Morgan fingerprint density at radius 3 is 2.32 bits per heavy atom. The van der Waals surface area contributed by atoms with Crippen molar-refractivity contribution in [1.82, 2.24) is 0 Å². The van der Waals surface area contributed by atoms with E-state index in [4.69, 9.17) is 0 Å². The second-order valence-corrected chi connectivity index (χ2v) is 10.2. The number of benzene rings is 1. The van der Waals surface area contributed by atoms with Crippen LogP contribution in [0, 0.1) is 0 Å². The number of hydrogen-bond donors (Lipinski definition) is 0. The first-order valence-electron chi connectivity index (χ1n) is 8.99. The first kappa shape index (κ1) is 23.4. The number of fused-ring (bicyclic) bond motifs is 1. The van der Waals surface area contributed by atoms with Crippen LogP contribution in [0.3, 0.4) is 0 Å². The maximum Gasteiger partial charge on any atom is -1.00 e. The summed E-state index contributed by atoms with van der Waals surface area (Å²) < 4.78 is 1.66. The molecule has 2 atom stereocenters. The minimum atomic E-state index is -0.183. The zero-order valence-corrected chi connectivity index (χ0v) is 19.9. The van der Waals surface area contributed by atoms with Crippen molar-refractivity contribution in [2.75, 3.05) is 0 Å². The number of halogens is 2. The van der Waals surface area contributed by atoms with E-state index in [0.717, 1.165) is 5.66 Å². The molecule has 0 amide bonds. The molecule has 0 bridgehead atoms. The third-order valence-corrected chi connectivity index (χ3v) is 9.08. The third kappa shape index (κ3) is 5.20. The molecule has 0 spiro atoms. The van der Waals surface area contributed by atoms with Crippen molar-refractivity contribution in [1.29, 1.82) is 0 Å². The van der Waals surface area contributed by atoms with Gasteiger partial charge in [-0.2, -0.15) is 0 Å². The van der Waals surface area contributed by atoms with Gasteiger partial charge in [-0.05, 0) is 0 Å². The normalized spacial score (nSPS) is 21.3. The van der Waals surface area contributed by atoms with Crippen LogP contribution in [0.4, 0.5) is 0 Å². The van der Waals surface area contributed by atoms with Gasteiger partial charge in [0.25, 0.3) is 0 Å². The Hall–Kier alpha value is 0.333. The number of rotatable bonds is 7. The minimum absolute atomic E-state index is 0. The Morgan fingerprint density at radius 1 is 1.00 bits per heavy atom. The summed E-state index contributed by atoms with van der Waals surface area (Å²) in [7, 11) is -0.183. The first-order chi connectivity index (χ1) is 11.3. The Morgan fingerprint density at radius 2 is 1.68 bits per heavy atom. The molecule has 4 heteroatoms. The van der Waals surface area contributed by atoms with E-state index in [1.165, 1.54) is 38.5 Å². The molecule has 0 saturated carbocycles. The molecule has 3 rings (SSSR count). The van der Waals surface area contributed by atoms with E-state index in [-0.39, 0.29) is 32.7 Å².